The molecule has 0 atom stereocenters. The molecule has 1 aromatic heterocycles. The zero-order valence-electron chi connectivity index (χ0n) is 16.7. The number of aliphatic imine (C=N–C) groups is 1. The number of nitrogens with zero attached hydrogens (tertiary/aromatic N) is 2. The number of aromatic nitrogens is 2. The van der Waals surface area contributed by atoms with Crippen molar-refractivity contribution >= 4 is 23.4 Å². The Hall–Kier alpha value is -3.21. The quantitative estimate of drug-likeness (QED) is 0.834. The molecule has 5 nitrogen and oxygen atoms in total. The van der Waals surface area contributed by atoms with E-state index in [9.17, 15) is 4.79 Å². The molecule has 0 radical (unpaired) electrons. The number of rotatable bonds is 4. The molecule has 1 aliphatic rings. The van der Waals surface area contributed by atoms with E-state index in [0.29, 0.717) is 16.3 Å². The molecule has 2 aromatic rings. The van der Waals surface area contributed by atoms with E-state index in [1.54, 1.807) is 7.05 Å². The van der Waals surface area contributed by atoms with Crippen molar-refractivity contribution in [2.45, 2.75) is 33.6 Å². The second-order valence-corrected chi connectivity index (χ2v) is 6.73. The molecule has 5 heteroatoms. The first-order valence-electron chi connectivity index (χ1n) is 9.38. The highest BCUT2D eigenvalue weighted by Crippen LogP contribution is 2.22. The van der Waals surface area contributed by atoms with E-state index in [1.807, 2.05) is 62.4 Å². The minimum Gasteiger partial charge on any atom is -0.426 e. The first kappa shape index (κ1) is 19.5. The third-order valence-corrected chi connectivity index (χ3v) is 4.77. The maximum Gasteiger partial charge on any atom is 0.302 e. The maximum atomic E-state index is 12.5. The number of hydrogen-bond donors (Lipinski definition) is 1. The highest BCUT2D eigenvalue weighted by Gasteiger charge is 2.07. The van der Waals surface area contributed by atoms with Gasteiger partial charge in [0.05, 0.1) is 10.6 Å². The molecule has 0 spiro atoms. The summed E-state index contributed by atoms with van der Waals surface area (Å²) in [4.78, 5) is 23.9. The van der Waals surface area contributed by atoms with Gasteiger partial charge in [-0.15, -0.1) is 0 Å². The minimum absolute atomic E-state index is 0.194. The van der Waals surface area contributed by atoms with Gasteiger partial charge in [-0.05, 0) is 63.0 Å². The van der Waals surface area contributed by atoms with Crippen LogP contribution in [0.3, 0.4) is 0 Å². The molecule has 1 aliphatic carbocycles. The summed E-state index contributed by atoms with van der Waals surface area (Å²) < 4.78 is 5.81. The second kappa shape index (κ2) is 8.65. The molecule has 0 unspecified atom stereocenters. The molecule has 1 aromatic carbocycles. The number of H-pyrrole nitrogens is 1. The van der Waals surface area contributed by atoms with Crippen LogP contribution in [0.25, 0.3) is 17.7 Å². The smallest absolute Gasteiger partial charge is 0.302 e. The third kappa shape index (κ3) is 4.36. The van der Waals surface area contributed by atoms with Gasteiger partial charge in [0.2, 0.25) is 0 Å². The fraction of sp³-hybridized carbons (Fsp3) is 0.261. The molecule has 1 N–H and O–H groups in total. The predicted molar refractivity (Wildman–Crippen MR) is 115 cm³/mol. The molecule has 0 amide bonds. The lowest BCUT2D eigenvalue weighted by Crippen LogP contribution is -2.43. The van der Waals surface area contributed by atoms with Gasteiger partial charge in [-0.2, -0.15) is 4.98 Å². The van der Waals surface area contributed by atoms with Crippen molar-refractivity contribution < 1.29 is 4.74 Å². The molecule has 144 valence electrons. The van der Waals surface area contributed by atoms with Gasteiger partial charge in [0.15, 0.2) is 0 Å². The second-order valence-electron chi connectivity index (χ2n) is 6.73. The largest absolute Gasteiger partial charge is 0.426 e. The van der Waals surface area contributed by atoms with Crippen LogP contribution in [0, 0.1) is 0 Å². The fourth-order valence-corrected chi connectivity index (χ4v) is 3.11. The van der Waals surface area contributed by atoms with Crippen LogP contribution in [0.4, 0.5) is 0 Å². The van der Waals surface area contributed by atoms with Gasteiger partial charge in [0, 0.05) is 12.8 Å². The van der Waals surface area contributed by atoms with Crippen molar-refractivity contribution in [1.82, 2.24) is 9.97 Å². The molecule has 0 bridgehead atoms. The SMILES string of the molecule is C/C=C(\C(C)=NC)c1ccc(Oc2nc3/c(c(=O)[nH]2)=C\C=C(/C)CC\C=3)cc1. The van der Waals surface area contributed by atoms with Crippen LogP contribution in [0.2, 0.25) is 0 Å². The Bertz CT molecular complexity index is 1130. The van der Waals surface area contributed by atoms with Crippen molar-refractivity contribution in [3.63, 3.8) is 0 Å². The van der Waals surface area contributed by atoms with E-state index >= 15 is 0 Å². The average molecular weight is 375 g/mol. The van der Waals surface area contributed by atoms with E-state index in [4.69, 9.17) is 4.74 Å². The fourth-order valence-electron chi connectivity index (χ4n) is 3.11. The van der Waals surface area contributed by atoms with Crippen molar-refractivity contribution in [3.8, 4) is 11.8 Å². The summed E-state index contributed by atoms with van der Waals surface area (Å²) in [6, 6.07) is 7.86. The molecule has 28 heavy (non-hydrogen) atoms. The highest BCUT2D eigenvalue weighted by atomic mass is 16.5. The standard InChI is InChI=1S/C23H25N3O2/c1-5-19(16(3)24-4)17-10-12-18(13-11-17)28-23-25-21-8-6-7-15(2)9-14-20(21)22(27)26-23/h5,8-14H,6-7H2,1-4H3,(H,25,26,27)/b15-9+,19-5+,20-14+,21-8+,24-16?. The van der Waals surface area contributed by atoms with Crippen LogP contribution in [0.5, 0.6) is 11.8 Å². The summed E-state index contributed by atoms with van der Waals surface area (Å²) in [5, 5.41) is 1.22. The van der Waals surface area contributed by atoms with Crippen LogP contribution in [-0.2, 0) is 0 Å². The zero-order chi connectivity index (χ0) is 20.1. The monoisotopic (exact) mass is 375 g/mol. The van der Waals surface area contributed by atoms with Crippen LogP contribution in [0.15, 0.2) is 51.8 Å². The lowest BCUT2D eigenvalue weighted by molar-refractivity contribution is 0.437. The van der Waals surface area contributed by atoms with Crippen molar-refractivity contribution in [2.24, 2.45) is 4.99 Å². The molecule has 3 rings (SSSR count). The van der Waals surface area contributed by atoms with Crippen molar-refractivity contribution in [2.75, 3.05) is 7.05 Å². The third-order valence-electron chi connectivity index (χ3n) is 4.77. The van der Waals surface area contributed by atoms with E-state index in [2.05, 4.69) is 21.9 Å². The molecule has 0 saturated carbocycles. The van der Waals surface area contributed by atoms with Gasteiger partial charge >= 0.3 is 6.01 Å². The number of fused-ring (bicyclic) bond motifs is 1. The minimum atomic E-state index is -0.204. The van der Waals surface area contributed by atoms with Gasteiger partial charge in [-0.1, -0.05) is 35.9 Å². The number of nitrogens with one attached hydrogen (secondary N) is 1. The summed E-state index contributed by atoms with van der Waals surface area (Å²) >= 11 is 0. The Morgan fingerprint density at radius 3 is 2.68 bits per heavy atom. The Kier molecular flexibility index (Phi) is 6.04. The number of hydrogen-bond acceptors (Lipinski definition) is 4. The van der Waals surface area contributed by atoms with Crippen LogP contribution in [0.1, 0.15) is 39.2 Å². The lowest BCUT2D eigenvalue weighted by Gasteiger charge is -2.09. The topological polar surface area (TPSA) is 67.3 Å². The number of ether oxygens (including phenoxy) is 1. The van der Waals surface area contributed by atoms with Gasteiger partial charge in [0.25, 0.3) is 5.56 Å². The van der Waals surface area contributed by atoms with E-state index in [0.717, 1.165) is 29.7 Å². The zero-order valence-corrected chi connectivity index (χ0v) is 16.7. The Balaban J connectivity index is 1.91. The van der Waals surface area contributed by atoms with Crippen LogP contribution in [-0.4, -0.2) is 22.7 Å². The molecular weight excluding hydrogens is 350 g/mol. The maximum absolute atomic E-state index is 12.5. The molecular formula is C23H25N3O2. The summed E-state index contributed by atoms with van der Waals surface area (Å²) in [6.07, 6.45) is 9.62. The summed E-state index contributed by atoms with van der Waals surface area (Å²) in [5.41, 5.74) is 4.15. The van der Waals surface area contributed by atoms with Gasteiger partial charge in [0.1, 0.15) is 5.75 Å². The highest BCUT2D eigenvalue weighted by molar-refractivity contribution is 6.22. The predicted octanol–water partition coefficient (Wildman–Crippen LogP) is 3.36. The summed E-state index contributed by atoms with van der Waals surface area (Å²) in [6.45, 7) is 6.03. The van der Waals surface area contributed by atoms with Crippen molar-refractivity contribution in [3.05, 3.63) is 68.5 Å². The Morgan fingerprint density at radius 2 is 2.00 bits per heavy atom. The van der Waals surface area contributed by atoms with Crippen LogP contribution >= 0.6 is 0 Å². The Morgan fingerprint density at radius 1 is 1.25 bits per heavy atom. The van der Waals surface area contributed by atoms with Gasteiger partial charge in [-0.25, -0.2) is 0 Å². The van der Waals surface area contributed by atoms with Crippen molar-refractivity contribution in [1.29, 1.82) is 0 Å². The summed E-state index contributed by atoms with van der Waals surface area (Å²) in [7, 11) is 1.78. The van der Waals surface area contributed by atoms with E-state index in [1.165, 1.54) is 5.57 Å². The van der Waals surface area contributed by atoms with E-state index < -0.39 is 0 Å². The Labute approximate surface area is 164 Å². The van der Waals surface area contributed by atoms with Gasteiger partial charge < -0.3 is 4.74 Å². The molecule has 0 fully saturated rings. The number of aromatic amines is 1. The molecule has 0 aliphatic heterocycles. The first-order chi connectivity index (χ1) is 13.5. The molecule has 0 saturated heterocycles. The number of allylic oxidation sites excluding steroid dienone is 4. The lowest BCUT2D eigenvalue weighted by atomic mass is 10.0. The van der Waals surface area contributed by atoms with Crippen LogP contribution < -0.4 is 20.9 Å². The number of benzene rings is 1. The summed E-state index contributed by atoms with van der Waals surface area (Å²) in [5.74, 6) is 0.610. The average Bonchev–Trinajstić information content (AvgIpc) is 2.67. The normalized spacial score (nSPS) is 19.1. The molecule has 1 heterocycles. The van der Waals surface area contributed by atoms with Gasteiger partial charge in [-0.3, -0.25) is 14.8 Å². The first-order valence-corrected chi connectivity index (χ1v) is 9.38. The van der Waals surface area contributed by atoms with E-state index in [-0.39, 0.29) is 11.6 Å².